The van der Waals surface area contributed by atoms with Gasteiger partial charge in [0.15, 0.2) is 0 Å². The molecule has 0 saturated carbocycles. The maximum Gasteiger partial charge on any atom is 0.326 e. The van der Waals surface area contributed by atoms with Crippen LogP contribution in [0.1, 0.15) is 59.6 Å². The number of aromatic amines is 1. The van der Waals surface area contributed by atoms with Crippen molar-refractivity contribution in [3.8, 4) is 0 Å². The van der Waals surface area contributed by atoms with Gasteiger partial charge in [0, 0.05) is 32.9 Å². The molecule has 3 amide bonds. The molecule has 0 aliphatic carbocycles. The van der Waals surface area contributed by atoms with Crippen LogP contribution in [-0.2, 0) is 35.3 Å². The lowest BCUT2D eigenvalue weighted by atomic mass is 10.1. The normalized spacial score (nSPS) is 12.7. The number of nitrogens with one attached hydrogen (secondary N) is 4. The van der Waals surface area contributed by atoms with Gasteiger partial charge < -0.3 is 46.3 Å². The number of hydrogen-bond acceptors (Lipinski definition) is 11. The molecular weight excluding hydrogens is 680 g/mol. The lowest BCUT2D eigenvalue weighted by Gasteiger charge is -2.18. The number of nitrogens with zero attached hydrogens (tertiary/aromatic N) is 2. The molecule has 2 aromatic heterocycles. The van der Waals surface area contributed by atoms with Gasteiger partial charge in [0.1, 0.15) is 23.9 Å². The minimum absolute atomic E-state index is 0.189. The first kappa shape index (κ1) is 38.6. The van der Waals surface area contributed by atoms with Crippen molar-refractivity contribution in [1.82, 2.24) is 25.9 Å². The number of benzene rings is 1. The highest BCUT2D eigenvalue weighted by Crippen LogP contribution is 2.27. The maximum atomic E-state index is 12.9. The summed E-state index contributed by atoms with van der Waals surface area (Å²) in [5.41, 5.74) is 1.11. The Bertz CT molecular complexity index is 1840. The number of hydrogen-bond donors (Lipinski definition) is 8. The van der Waals surface area contributed by atoms with E-state index in [1.807, 2.05) is 11.0 Å². The average Bonchev–Trinajstić information content (AvgIpc) is 3.54. The molecule has 1 aromatic carbocycles. The zero-order chi connectivity index (χ0) is 37.1. The van der Waals surface area contributed by atoms with Gasteiger partial charge in [-0.1, -0.05) is 6.07 Å². The molecule has 2 heterocycles. The Morgan fingerprint density at radius 2 is 1.34 bits per heavy atom. The SMILES string of the molecule is Cc1nc2ccc(CN(C)c3ccc(C(=O)N[C@@H](CCC(=O)N[C@@H](CCC(=O)N[C@@H](CCC(=O)O)C(=O)O)C(=O)O)C(=O)O)s3)cc2c(=O)[nH]1. The summed E-state index contributed by atoms with van der Waals surface area (Å²) in [6.45, 7) is 2.07. The van der Waals surface area contributed by atoms with Crippen molar-refractivity contribution in [2.45, 2.75) is 70.1 Å². The first-order valence-electron chi connectivity index (χ1n) is 15.1. The number of carboxylic acids is 4. The van der Waals surface area contributed by atoms with Crippen LogP contribution in [0.4, 0.5) is 5.00 Å². The summed E-state index contributed by atoms with van der Waals surface area (Å²) in [6, 6.07) is 3.90. The Hall–Kier alpha value is -5.85. The molecule has 0 saturated heterocycles. The van der Waals surface area contributed by atoms with Crippen molar-refractivity contribution in [2.75, 3.05) is 11.9 Å². The van der Waals surface area contributed by atoms with Crippen LogP contribution in [0.2, 0.25) is 0 Å². The molecular formula is C31H36N6O12S. The fourth-order valence-corrected chi connectivity index (χ4v) is 5.63. The maximum absolute atomic E-state index is 12.9. The Morgan fingerprint density at radius 3 is 1.88 bits per heavy atom. The van der Waals surface area contributed by atoms with E-state index >= 15 is 0 Å². The second-order valence-corrected chi connectivity index (χ2v) is 12.3. The summed E-state index contributed by atoms with van der Waals surface area (Å²) < 4.78 is 0. The van der Waals surface area contributed by atoms with E-state index < -0.39 is 98.2 Å². The van der Waals surface area contributed by atoms with Crippen LogP contribution < -0.4 is 26.4 Å². The largest absolute Gasteiger partial charge is 0.481 e. The van der Waals surface area contributed by atoms with Gasteiger partial charge >= 0.3 is 23.9 Å². The smallest absolute Gasteiger partial charge is 0.326 e. The number of aromatic nitrogens is 2. The molecule has 8 N–H and O–H groups in total. The molecule has 3 aromatic rings. The molecule has 0 aliphatic heterocycles. The zero-order valence-electron chi connectivity index (χ0n) is 26.9. The van der Waals surface area contributed by atoms with Crippen molar-refractivity contribution in [3.05, 3.63) is 57.0 Å². The number of rotatable bonds is 19. The Kier molecular flexibility index (Phi) is 13.5. The van der Waals surface area contributed by atoms with Crippen molar-refractivity contribution in [1.29, 1.82) is 0 Å². The standard InChI is InChI=1S/C31H36N6O12S/c1-15-32-18-4-3-16(13-17(18)27(42)33-15)14-37(2)25-11-8-22(50-25)28(43)36-21(31(48)49)6-10-24(39)34-19(29(44)45)5-9-23(38)35-20(30(46)47)7-12-26(40)41/h3-4,8,11,13,19-21H,5-7,9-10,12,14H2,1-2H3,(H,34,39)(H,35,38)(H,36,43)(H,40,41)(H,44,45)(H,46,47)(H,48,49)(H,32,33,42)/t19-,20-,21-/m0/s1. The van der Waals surface area contributed by atoms with Crippen molar-refractivity contribution < 1.29 is 54.0 Å². The first-order valence-corrected chi connectivity index (χ1v) is 16.0. The first-order chi connectivity index (χ1) is 23.5. The van der Waals surface area contributed by atoms with Gasteiger partial charge in [-0.25, -0.2) is 19.4 Å². The van der Waals surface area contributed by atoms with Crippen LogP contribution in [0.15, 0.2) is 35.1 Å². The van der Waals surface area contributed by atoms with Crippen LogP contribution in [0, 0.1) is 6.92 Å². The summed E-state index contributed by atoms with van der Waals surface area (Å²) in [4.78, 5) is 104. The average molecular weight is 717 g/mol. The number of thiophene rings is 1. The van der Waals surface area contributed by atoms with Crippen LogP contribution >= 0.6 is 11.3 Å². The Morgan fingerprint density at radius 1 is 0.800 bits per heavy atom. The highest BCUT2D eigenvalue weighted by Gasteiger charge is 2.27. The van der Waals surface area contributed by atoms with E-state index in [1.165, 1.54) is 6.07 Å². The Labute approximate surface area is 287 Å². The quantitative estimate of drug-likeness (QED) is 0.0847. The molecule has 0 bridgehead atoms. The number of amides is 3. The van der Waals surface area contributed by atoms with Crippen LogP contribution in [0.25, 0.3) is 10.9 Å². The number of anilines is 1. The molecule has 18 nitrogen and oxygen atoms in total. The molecule has 3 atom stereocenters. The van der Waals surface area contributed by atoms with E-state index in [0.29, 0.717) is 28.3 Å². The van der Waals surface area contributed by atoms with Gasteiger partial charge in [0.25, 0.3) is 11.5 Å². The third-order valence-corrected chi connectivity index (χ3v) is 8.54. The van der Waals surface area contributed by atoms with Crippen LogP contribution in [-0.4, -0.2) is 97.2 Å². The van der Waals surface area contributed by atoms with Crippen molar-refractivity contribution in [3.63, 3.8) is 0 Å². The second kappa shape index (κ2) is 17.5. The van der Waals surface area contributed by atoms with Crippen LogP contribution in [0.3, 0.4) is 0 Å². The molecule has 0 unspecified atom stereocenters. The van der Waals surface area contributed by atoms with Gasteiger partial charge in [-0.3, -0.25) is 24.0 Å². The molecule has 19 heteroatoms. The number of H-pyrrole nitrogens is 1. The van der Waals surface area contributed by atoms with Gasteiger partial charge in [-0.15, -0.1) is 11.3 Å². The molecule has 0 radical (unpaired) electrons. The summed E-state index contributed by atoms with van der Waals surface area (Å²) in [6.07, 6.45) is -2.76. The number of carbonyl (C=O) groups is 7. The van der Waals surface area contributed by atoms with E-state index in [-0.39, 0.29) is 10.4 Å². The number of carbonyl (C=O) groups excluding carboxylic acids is 3. The highest BCUT2D eigenvalue weighted by atomic mass is 32.1. The van der Waals surface area contributed by atoms with E-state index in [1.54, 1.807) is 32.2 Å². The lowest BCUT2D eigenvalue weighted by Crippen LogP contribution is -2.45. The van der Waals surface area contributed by atoms with Crippen LogP contribution in [0.5, 0.6) is 0 Å². The van der Waals surface area contributed by atoms with Crippen molar-refractivity contribution in [2.24, 2.45) is 0 Å². The van der Waals surface area contributed by atoms with E-state index in [4.69, 9.17) is 10.2 Å². The van der Waals surface area contributed by atoms with Gasteiger partial charge in [0.05, 0.1) is 20.8 Å². The number of fused-ring (bicyclic) bond motifs is 1. The van der Waals surface area contributed by atoms with Gasteiger partial charge in [0.2, 0.25) is 11.8 Å². The molecule has 50 heavy (non-hydrogen) atoms. The summed E-state index contributed by atoms with van der Waals surface area (Å²) in [5.74, 6) is -7.64. The third-order valence-electron chi connectivity index (χ3n) is 7.34. The molecule has 0 spiro atoms. The summed E-state index contributed by atoms with van der Waals surface area (Å²) >= 11 is 1.09. The zero-order valence-corrected chi connectivity index (χ0v) is 27.7. The van der Waals surface area contributed by atoms with Crippen molar-refractivity contribution >= 4 is 68.8 Å². The summed E-state index contributed by atoms with van der Waals surface area (Å²) in [5, 5.41) is 44.7. The number of aryl methyl sites for hydroxylation is 1. The fraction of sp³-hybridized carbons (Fsp3) is 0.387. The minimum atomic E-state index is -1.58. The lowest BCUT2D eigenvalue weighted by molar-refractivity contribution is -0.144. The predicted molar refractivity (Wildman–Crippen MR) is 177 cm³/mol. The second-order valence-electron chi connectivity index (χ2n) is 11.3. The predicted octanol–water partition coefficient (Wildman–Crippen LogP) is 0.676. The highest BCUT2D eigenvalue weighted by molar-refractivity contribution is 7.18. The number of aliphatic carboxylic acids is 4. The fourth-order valence-electron chi connectivity index (χ4n) is 4.76. The topological polar surface area (TPSA) is 285 Å². The monoisotopic (exact) mass is 716 g/mol. The molecule has 3 rings (SSSR count). The molecule has 0 fully saturated rings. The van der Waals surface area contributed by atoms with Gasteiger partial charge in [-0.2, -0.15) is 0 Å². The minimum Gasteiger partial charge on any atom is -0.481 e. The third kappa shape index (κ3) is 11.4. The molecule has 0 aliphatic rings. The van der Waals surface area contributed by atoms with E-state index in [9.17, 15) is 48.6 Å². The number of carboxylic acid groups (broad SMARTS) is 4. The molecule has 268 valence electrons. The van der Waals surface area contributed by atoms with Gasteiger partial charge in [-0.05, 0) is 56.0 Å². The summed E-state index contributed by atoms with van der Waals surface area (Å²) in [7, 11) is 1.78. The van der Waals surface area contributed by atoms with E-state index in [2.05, 4.69) is 25.9 Å². The van der Waals surface area contributed by atoms with E-state index in [0.717, 1.165) is 16.9 Å². The Balaban J connectivity index is 1.52.